The van der Waals surface area contributed by atoms with E-state index in [4.69, 9.17) is 5.73 Å². The molecule has 0 aromatic rings. The predicted octanol–water partition coefficient (Wildman–Crippen LogP) is 1.55. The lowest BCUT2D eigenvalue weighted by Gasteiger charge is -2.31. The number of hydrogen-bond acceptors (Lipinski definition) is 3. The standard InChI is InChI=1S/C16H34N4O2/c1-7-20(8-2)13(9-12(3)4)10-18-15(22)19-11-16(5,6)14(17)21/h12-13H,7-11H2,1-6H3,(H2,17,21)(H2,18,19,22). The van der Waals surface area contributed by atoms with Gasteiger partial charge in [-0.1, -0.05) is 27.7 Å². The van der Waals surface area contributed by atoms with E-state index in [1.165, 1.54) is 0 Å². The van der Waals surface area contributed by atoms with E-state index in [2.05, 4.69) is 43.2 Å². The molecular weight excluding hydrogens is 280 g/mol. The lowest BCUT2D eigenvalue weighted by atomic mass is 9.93. The van der Waals surface area contributed by atoms with Crippen LogP contribution in [0.25, 0.3) is 0 Å². The molecule has 22 heavy (non-hydrogen) atoms. The summed E-state index contributed by atoms with van der Waals surface area (Å²) in [6.45, 7) is 14.8. The number of rotatable bonds is 10. The Morgan fingerprint density at radius 2 is 1.68 bits per heavy atom. The third-order valence-electron chi connectivity index (χ3n) is 3.93. The minimum Gasteiger partial charge on any atom is -0.369 e. The van der Waals surface area contributed by atoms with Gasteiger partial charge in [0.25, 0.3) is 0 Å². The number of nitrogens with one attached hydrogen (secondary N) is 2. The van der Waals surface area contributed by atoms with Gasteiger partial charge in [-0.25, -0.2) is 4.79 Å². The van der Waals surface area contributed by atoms with Crippen LogP contribution in [0, 0.1) is 11.3 Å². The van der Waals surface area contributed by atoms with Crippen molar-refractivity contribution in [2.45, 2.75) is 54.0 Å². The molecule has 0 rings (SSSR count). The van der Waals surface area contributed by atoms with Crippen LogP contribution in [0.4, 0.5) is 4.79 Å². The van der Waals surface area contributed by atoms with Gasteiger partial charge in [0.2, 0.25) is 5.91 Å². The van der Waals surface area contributed by atoms with Crippen LogP contribution in [-0.2, 0) is 4.79 Å². The van der Waals surface area contributed by atoms with Gasteiger partial charge in [-0.05, 0) is 39.3 Å². The van der Waals surface area contributed by atoms with E-state index in [9.17, 15) is 9.59 Å². The first-order chi connectivity index (χ1) is 10.1. The van der Waals surface area contributed by atoms with E-state index < -0.39 is 11.3 Å². The van der Waals surface area contributed by atoms with Crippen LogP contribution in [0.1, 0.15) is 48.0 Å². The van der Waals surface area contributed by atoms with Crippen LogP contribution in [0.5, 0.6) is 0 Å². The molecule has 0 aliphatic heterocycles. The number of urea groups is 1. The van der Waals surface area contributed by atoms with Crippen molar-refractivity contribution in [3.63, 3.8) is 0 Å². The van der Waals surface area contributed by atoms with E-state index in [1.807, 2.05) is 0 Å². The number of nitrogens with zero attached hydrogens (tertiary/aromatic N) is 1. The summed E-state index contributed by atoms with van der Waals surface area (Å²) in [6, 6.07) is 0.0696. The number of hydrogen-bond donors (Lipinski definition) is 3. The molecule has 0 fully saturated rings. The number of carbonyl (C=O) groups is 2. The SMILES string of the molecule is CCN(CC)C(CNC(=O)NCC(C)(C)C(N)=O)CC(C)C. The Balaban J connectivity index is 4.40. The maximum atomic E-state index is 11.9. The summed E-state index contributed by atoms with van der Waals surface area (Å²) in [6.07, 6.45) is 1.04. The fourth-order valence-electron chi connectivity index (χ4n) is 2.31. The van der Waals surface area contributed by atoms with Crippen molar-refractivity contribution >= 4 is 11.9 Å². The molecule has 0 radical (unpaired) electrons. The Hall–Kier alpha value is -1.30. The first kappa shape index (κ1) is 20.7. The molecule has 0 aromatic carbocycles. The first-order valence-electron chi connectivity index (χ1n) is 8.19. The van der Waals surface area contributed by atoms with Gasteiger partial charge < -0.3 is 16.4 Å². The van der Waals surface area contributed by atoms with Crippen LogP contribution < -0.4 is 16.4 Å². The topological polar surface area (TPSA) is 87.5 Å². The number of primary amides is 1. The number of nitrogens with two attached hydrogens (primary N) is 1. The van der Waals surface area contributed by atoms with E-state index in [-0.39, 0.29) is 12.6 Å². The van der Waals surface area contributed by atoms with E-state index in [0.29, 0.717) is 18.5 Å². The smallest absolute Gasteiger partial charge is 0.314 e. The molecular formula is C16H34N4O2. The molecule has 6 nitrogen and oxygen atoms in total. The molecule has 1 unspecified atom stereocenters. The highest BCUT2D eigenvalue weighted by Crippen LogP contribution is 2.12. The van der Waals surface area contributed by atoms with Crippen molar-refractivity contribution < 1.29 is 9.59 Å². The van der Waals surface area contributed by atoms with Crippen LogP contribution >= 0.6 is 0 Å². The Morgan fingerprint density at radius 1 is 1.14 bits per heavy atom. The molecule has 3 amide bonds. The van der Waals surface area contributed by atoms with E-state index in [0.717, 1.165) is 19.5 Å². The van der Waals surface area contributed by atoms with Crippen molar-refractivity contribution in [3.8, 4) is 0 Å². The van der Waals surface area contributed by atoms with Gasteiger partial charge in [-0.15, -0.1) is 0 Å². The maximum Gasteiger partial charge on any atom is 0.314 e. The molecule has 4 N–H and O–H groups in total. The minimum atomic E-state index is -0.743. The quantitative estimate of drug-likeness (QED) is 0.572. The Morgan fingerprint density at radius 3 is 2.09 bits per heavy atom. The summed E-state index contributed by atoms with van der Waals surface area (Å²) in [7, 11) is 0. The van der Waals surface area contributed by atoms with Crippen LogP contribution in [-0.4, -0.2) is 49.1 Å². The average Bonchev–Trinajstić information content (AvgIpc) is 2.43. The lowest BCUT2D eigenvalue weighted by molar-refractivity contribution is -0.125. The van der Waals surface area contributed by atoms with Gasteiger partial charge in [0.05, 0.1) is 5.41 Å². The van der Waals surface area contributed by atoms with E-state index in [1.54, 1.807) is 13.8 Å². The fraction of sp³-hybridized carbons (Fsp3) is 0.875. The van der Waals surface area contributed by atoms with Crippen LogP contribution in [0.15, 0.2) is 0 Å². The van der Waals surface area contributed by atoms with Gasteiger partial charge in [0.1, 0.15) is 0 Å². The van der Waals surface area contributed by atoms with Crippen molar-refractivity contribution in [3.05, 3.63) is 0 Å². The third kappa shape index (κ3) is 7.64. The Kier molecular flexibility index (Phi) is 9.09. The summed E-state index contributed by atoms with van der Waals surface area (Å²) >= 11 is 0. The Bertz CT molecular complexity index is 352. The number of carbonyl (C=O) groups excluding carboxylic acids is 2. The third-order valence-corrected chi connectivity index (χ3v) is 3.93. The molecule has 0 aliphatic rings. The van der Waals surface area contributed by atoms with Crippen LogP contribution in [0.2, 0.25) is 0 Å². The molecule has 0 bridgehead atoms. The predicted molar refractivity (Wildman–Crippen MR) is 90.5 cm³/mol. The summed E-state index contributed by atoms with van der Waals surface area (Å²) in [5.74, 6) is 0.151. The molecule has 130 valence electrons. The molecule has 6 heteroatoms. The van der Waals surface area contributed by atoms with Crippen molar-refractivity contribution in [1.82, 2.24) is 15.5 Å². The molecule has 0 saturated heterocycles. The monoisotopic (exact) mass is 314 g/mol. The minimum absolute atomic E-state index is 0.230. The van der Waals surface area contributed by atoms with Crippen LogP contribution in [0.3, 0.4) is 0 Å². The average molecular weight is 314 g/mol. The molecule has 0 spiro atoms. The normalized spacial score (nSPS) is 13.3. The largest absolute Gasteiger partial charge is 0.369 e. The second-order valence-corrected chi connectivity index (χ2v) is 6.82. The van der Waals surface area contributed by atoms with Gasteiger partial charge in [-0.2, -0.15) is 0 Å². The molecule has 0 aromatic heterocycles. The highest BCUT2D eigenvalue weighted by molar-refractivity contribution is 5.81. The van der Waals surface area contributed by atoms with Crippen molar-refractivity contribution in [2.75, 3.05) is 26.2 Å². The Labute approximate surface area is 135 Å². The molecule has 0 aliphatic carbocycles. The van der Waals surface area contributed by atoms with Crippen molar-refractivity contribution in [2.24, 2.45) is 17.1 Å². The zero-order chi connectivity index (χ0) is 17.3. The van der Waals surface area contributed by atoms with E-state index >= 15 is 0 Å². The fourth-order valence-corrected chi connectivity index (χ4v) is 2.31. The van der Waals surface area contributed by atoms with Gasteiger partial charge in [-0.3, -0.25) is 9.69 Å². The number of likely N-dealkylation sites (N-methyl/N-ethyl adjacent to an activating group) is 1. The molecule has 0 heterocycles. The van der Waals surface area contributed by atoms with Crippen molar-refractivity contribution in [1.29, 1.82) is 0 Å². The highest BCUT2D eigenvalue weighted by atomic mass is 16.2. The zero-order valence-electron chi connectivity index (χ0n) is 15.0. The second-order valence-electron chi connectivity index (χ2n) is 6.82. The highest BCUT2D eigenvalue weighted by Gasteiger charge is 2.25. The molecule has 1 atom stereocenters. The van der Waals surface area contributed by atoms with Gasteiger partial charge >= 0.3 is 6.03 Å². The van der Waals surface area contributed by atoms with Gasteiger partial charge in [0, 0.05) is 19.1 Å². The van der Waals surface area contributed by atoms with Gasteiger partial charge in [0.15, 0.2) is 0 Å². The molecule has 0 saturated carbocycles. The summed E-state index contributed by atoms with van der Waals surface area (Å²) in [5, 5.41) is 5.62. The maximum absolute atomic E-state index is 11.9. The summed E-state index contributed by atoms with van der Waals surface area (Å²) in [5.41, 5.74) is 4.55. The second kappa shape index (κ2) is 9.66. The summed E-state index contributed by atoms with van der Waals surface area (Å²) in [4.78, 5) is 25.5. The summed E-state index contributed by atoms with van der Waals surface area (Å²) < 4.78 is 0. The first-order valence-corrected chi connectivity index (χ1v) is 8.19. The zero-order valence-corrected chi connectivity index (χ0v) is 15.0. The lowest BCUT2D eigenvalue weighted by Crippen LogP contribution is -2.49. The number of amides is 3.